The lowest BCUT2D eigenvalue weighted by atomic mass is 10.0. The van der Waals surface area contributed by atoms with Gasteiger partial charge in [-0.2, -0.15) is 0 Å². The van der Waals surface area contributed by atoms with Gasteiger partial charge in [-0.3, -0.25) is 4.79 Å². The molecule has 2 atom stereocenters. The number of ether oxygens (including phenoxy) is 1. The van der Waals surface area contributed by atoms with Crippen LogP contribution in [0.2, 0.25) is 0 Å². The second-order valence-electron chi connectivity index (χ2n) is 9.00. The quantitative estimate of drug-likeness (QED) is 0.579. The summed E-state index contributed by atoms with van der Waals surface area (Å²) < 4.78 is 5.66. The highest BCUT2D eigenvalue weighted by Gasteiger charge is 2.31. The fraction of sp³-hybridized carbons (Fsp3) is 0.520. The molecule has 10 nitrogen and oxygen atoms in total. The molecule has 0 aliphatic carbocycles. The number of aromatic nitrogens is 2. The molecule has 3 amide bonds. The third-order valence-electron chi connectivity index (χ3n) is 6.54. The van der Waals surface area contributed by atoms with Crippen molar-refractivity contribution in [1.82, 2.24) is 25.5 Å². The molecule has 35 heavy (non-hydrogen) atoms. The van der Waals surface area contributed by atoms with Crippen LogP contribution < -0.4 is 20.9 Å². The minimum atomic E-state index is -0.249. The van der Waals surface area contributed by atoms with Gasteiger partial charge in [0, 0.05) is 36.4 Å². The number of hydrogen-bond donors (Lipinski definition) is 3. The van der Waals surface area contributed by atoms with Gasteiger partial charge in [-0.15, -0.1) is 0 Å². The summed E-state index contributed by atoms with van der Waals surface area (Å²) in [7, 11) is 1.79. The first-order chi connectivity index (χ1) is 16.9. The molecule has 1 aromatic carbocycles. The third-order valence-corrected chi connectivity index (χ3v) is 6.54. The van der Waals surface area contributed by atoms with E-state index in [4.69, 9.17) is 14.7 Å². The van der Waals surface area contributed by atoms with Crippen molar-refractivity contribution in [3.05, 3.63) is 35.5 Å². The van der Waals surface area contributed by atoms with Crippen molar-refractivity contribution < 1.29 is 14.3 Å². The SMILES string of the molecule is CCNC(=O)Nc1ccc(-c2nc3c(c(N4CCOC[C@@H]4C)n2)CCN(C(=O)C(C)NC)C3)cc1. The van der Waals surface area contributed by atoms with E-state index in [9.17, 15) is 9.59 Å². The van der Waals surface area contributed by atoms with Crippen molar-refractivity contribution >= 4 is 23.4 Å². The number of carbonyl (C=O) groups is 2. The van der Waals surface area contributed by atoms with Crippen molar-refractivity contribution in [3.63, 3.8) is 0 Å². The van der Waals surface area contributed by atoms with Crippen LogP contribution in [0.4, 0.5) is 16.3 Å². The Labute approximate surface area is 206 Å². The van der Waals surface area contributed by atoms with Crippen molar-refractivity contribution in [3.8, 4) is 11.4 Å². The smallest absolute Gasteiger partial charge is 0.319 e. The van der Waals surface area contributed by atoms with Crippen LogP contribution in [0.15, 0.2) is 24.3 Å². The van der Waals surface area contributed by atoms with Crippen LogP contribution in [-0.2, 0) is 22.5 Å². The molecule has 1 aromatic heterocycles. The van der Waals surface area contributed by atoms with Gasteiger partial charge < -0.3 is 30.5 Å². The van der Waals surface area contributed by atoms with Gasteiger partial charge in [0.05, 0.1) is 37.5 Å². The maximum Gasteiger partial charge on any atom is 0.319 e. The normalized spacial score (nSPS) is 18.6. The number of amides is 3. The first-order valence-electron chi connectivity index (χ1n) is 12.3. The van der Waals surface area contributed by atoms with Crippen LogP contribution in [0.25, 0.3) is 11.4 Å². The topological polar surface area (TPSA) is 112 Å². The number of nitrogens with one attached hydrogen (secondary N) is 3. The molecule has 188 valence electrons. The van der Waals surface area contributed by atoms with E-state index in [1.54, 1.807) is 7.05 Å². The minimum Gasteiger partial charge on any atom is -0.377 e. The number of benzene rings is 1. The van der Waals surface area contributed by atoms with E-state index in [0.29, 0.717) is 50.8 Å². The molecule has 10 heteroatoms. The van der Waals surface area contributed by atoms with Crippen molar-refractivity contribution in [1.29, 1.82) is 0 Å². The van der Waals surface area contributed by atoms with Crippen LogP contribution in [0.1, 0.15) is 32.0 Å². The van der Waals surface area contributed by atoms with Crippen LogP contribution in [-0.4, -0.2) is 78.8 Å². The molecule has 0 radical (unpaired) electrons. The standard InChI is InChI=1S/C25H35N7O3/c1-5-27-25(34)28-19-8-6-18(7-9-19)22-29-21-14-31(24(33)17(3)26-4)11-10-20(21)23(30-22)32-12-13-35-15-16(32)2/h6-9,16-17,26H,5,10-15H2,1-4H3,(H2,27,28,34)/t16-,17?/m0/s1. The monoisotopic (exact) mass is 481 g/mol. The van der Waals surface area contributed by atoms with Gasteiger partial charge in [-0.25, -0.2) is 14.8 Å². The van der Waals surface area contributed by atoms with Crippen LogP contribution in [0.3, 0.4) is 0 Å². The van der Waals surface area contributed by atoms with E-state index in [0.717, 1.165) is 29.2 Å². The number of morpholine rings is 1. The van der Waals surface area contributed by atoms with E-state index in [1.165, 1.54) is 0 Å². The molecule has 2 aliphatic heterocycles. The summed E-state index contributed by atoms with van der Waals surface area (Å²) >= 11 is 0. The number of urea groups is 1. The first-order valence-corrected chi connectivity index (χ1v) is 12.3. The van der Waals surface area contributed by atoms with Gasteiger partial charge in [0.1, 0.15) is 5.82 Å². The molecule has 0 saturated carbocycles. The van der Waals surface area contributed by atoms with Crippen molar-refractivity contribution in [2.75, 3.05) is 50.1 Å². The van der Waals surface area contributed by atoms with Crippen LogP contribution in [0.5, 0.6) is 0 Å². The largest absolute Gasteiger partial charge is 0.377 e. The summed E-state index contributed by atoms with van der Waals surface area (Å²) in [4.78, 5) is 38.8. The highest BCUT2D eigenvalue weighted by atomic mass is 16.5. The molecule has 3 heterocycles. The Morgan fingerprint density at radius 2 is 1.97 bits per heavy atom. The zero-order valence-corrected chi connectivity index (χ0v) is 20.9. The highest BCUT2D eigenvalue weighted by molar-refractivity contribution is 5.89. The molecule has 2 aliphatic rings. The Balaban J connectivity index is 1.68. The fourth-order valence-corrected chi connectivity index (χ4v) is 4.44. The molecule has 0 spiro atoms. The summed E-state index contributed by atoms with van der Waals surface area (Å²) in [5.74, 6) is 1.61. The third kappa shape index (κ3) is 5.54. The Morgan fingerprint density at radius 3 is 2.66 bits per heavy atom. The molecule has 2 aromatic rings. The first kappa shape index (κ1) is 24.9. The summed E-state index contributed by atoms with van der Waals surface area (Å²) in [6.45, 7) is 9.62. The van der Waals surface area contributed by atoms with Gasteiger partial charge in [0.2, 0.25) is 5.91 Å². The average molecular weight is 482 g/mol. The lowest BCUT2D eigenvalue weighted by Gasteiger charge is -2.38. The predicted octanol–water partition coefficient (Wildman–Crippen LogP) is 2.00. The van der Waals surface area contributed by atoms with Gasteiger partial charge in [0.15, 0.2) is 5.82 Å². The van der Waals surface area contributed by atoms with E-state index in [-0.39, 0.29) is 24.0 Å². The molecular weight excluding hydrogens is 446 g/mol. The zero-order valence-electron chi connectivity index (χ0n) is 20.9. The molecule has 1 saturated heterocycles. The Bertz CT molecular complexity index is 1060. The summed E-state index contributed by atoms with van der Waals surface area (Å²) in [6, 6.07) is 7.21. The number of anilines is 2. The summed E-state index contributed by atoms with van der Waals surface area (Å²) in [5.41, 5.74) is 3.54. The molecule has 1 fully saturated rings. The van der Waals surface area contributed by atoms with Gasteiger partial charge in [-0.1, -0.05) is 0 Å². The van der Waals surface area contributed by atoms with E-state index < -0.39 is 0 Å². The number of hydrogen-bond acceptors (Lipinski definition) is 7. The number of carbonyl (C=O) groups excluding carboxylic acids is 2. The molecule has 4 rings (SSSR count). The Hall–Kier alpha value is -3.24. The number of rotatable bonds is 6. The Morgan fingerprint density at radius 1 is 1.20 bits per heavy atom. The van der Waals surface area contributed by atoms with Gasteiger partial charge in [-0.05, 0) is 58.5 Å². The van der Waals surface area contributed by atoms with E-state index >= 15 is 0 Å². The maximum atomic E-state index is 12.9. The van der Waals surface area contributed by atoms with E-state index in [1.807, 2.05) is 43.0 Å². The minimum absolute atomic E-state index is 0.0698. The second kappa shape index (κ2) is 11.0. The van der Waals surface area contributed by atoms with Gasteiger partial charge >= 0.3 is 6.03 Å². The summed E-state index contributed by atoms with van der Waals surface area (Å²) in [5, 5.41) is 8.57. The van der Waals surface area contributed by atoms with E-state index in [2.05, 4.69) is 27.8 Å². The predicted molar refractivity (Wildman–Crippen MR) is 135 cm³/mol. The molecular formula is C25H35N7O3. The second-order valence-corrected chi connectivity index (χ2v) is 9.00. The summed E-state index contributed by atoms with van der Waals surface area (Å²) in [6.07, 6.45) is 0.715. The average Bonchev–Trinajstić information content (AvgIpc) is 2.87. The lowest BCUT2D eigenvalue weighted by molar-refractivity contribution is -0.133. The van der Waals surface area contributed by atoms with Crippen LogP contribution in [0, 0.1) is 0 Å². The molecule has 1 unspecified atom stereocenters. The highest BCUT2D eigenvalue weighted by Crippen LogP contribution is 2.32. The Kier molecular flexibility index (Phi) is 7.82. The van der Waals surface area contributed by atoms with Crippen molar-refractivity contribution in [2.24, 2.45) is 0 Å². The zero-order chi connectivity index (χ0) is 24.9. The molecule has 0 bridgehead atoms. The fourth-order valence-electron chi connectivity index (χ4n) is 4.44. The van der Waals surface area contributed by atoms with Crippen LogP contribution >= 0.6 is 0 Å². The number of fused-ring (bicyclic) bond motifs is 1. The lowest BCUT2D eigenvalue weighted by Crippen LogP contribution is -2.47. The molecule has 3 N–H and O–H groups in total. The number of likely N-dealkylation sites (N-methyl/N-ethyl adjacent to an activating group) is 1. The maximum absolute atomic E-state index is 12.9. The number of nitrogens with zero attached hydrogens (tertiary/aromatic N) is 4. The van der Waals surface area contributed by atoms with Crippen molar-refractivity contribution in [2.45, 2.75) is 45.8 Å². The van der Waals surface area contributed by atoms with Gasteiger partial charge in [0.25, 0.3) is 0 Å².